The smallest absolute Gasteiger partial charge is 0.303 e. The maximum atomic E-state index is 10.5. The van der Waals surface area contributed by atoms with Crippen LogP contribution in [0.5, 0.6) is 0 Å². The molecule has 0 saturated carbocycles. The van der Waals surface area contributed by atoms with E-state index in [0.717, 1.165) is 17.8 Å². The van der Waals surface area contributed by atoms with Gasteiger partial charge >= 0.3 is 5.97 Å². The average molecular weight is 288 g/mol. The molecule has 21 heavy (non-hydrogen) atoms. The Kier molecular flexibility index (Phi) is 5.11. The summed E-state index contributed by atoms with van der Waals surface area (Å²) in [4.78, 5) is 17.0. The number of oxazole rings is 1. The zero-order valence-corrected chi connectivity index (χ0v) is 12.4. The van der Waals surface area contributed by atoms with Crippen LogP contribution < -0.4 is 0 Å². The molecule has 1 aromatic carbocycles. The predicted molar refractivity (Wildman–Crippen MR) is 79.9 cm³/mol. The molecule has 5 heteroatoms. The maximum absolute atomic E-state index is 10.5. The number of carboxylic acids is 1. The maximum Gasteiger partial charge on any atom is 0.303 e. The van der Waals surface area contributed by atoms with Crippen molar-refractivity contribution in [3.05, 3.63) is 41.8 Å². The van der Waals surface area contributed by atoms with Crippen LogP contribution in [0.4, 0.5) is 0 Å². The molecule has 1 N–H and O–H groups in total. The van der Waals surface area contributed by atoms with Gasteiger partial charge in [-0.2, -0.15) is 0 Å². The number of hydrogen-bond acceptors (Lipinski definition) is 4. The predicted octanol–water partition coefficient (Wildman–Crippen LogP) is 2.95. The monoisotopic (exact) mass is 288 g/mol. The van der Waals surface area contributed by atoms with Gasteiger partial charge in [0.05, 0.1) is 5.69 Å². The molecule has 0 aliphatic carbocycles. The molecule has 1 aromatic heterocycles. The minimum atomic E-state index is -0.758. The van der Waals surface area contributed by atoms with Gasteiger partial charge in [-0.15, -0.1) is 0 Å². The number of benzene rings is 1. The number of aryl methyl sites for hydroxylation is 1. The van der Waals surface area contributed by atoms with Gasteiger partial charge in [0.25, 0.3) is 0 Å². The Morgan fingerprint density at radius 3 is 2.71 bits per heavy atom. The number of hydrogen-bond donors (Lipinski definition) is 1. The van der Waals surface area contributed by atoms with Crippen LogP contribution in [0.1, 0.15) is 24.1 Å². The Balaban J connectivity index is 1.90. The van der Waals surface area contributed by atoms with Crippen molar-refractivity contribution in [3.8, 4) is 11.5 Å². The second-order valence-electron chi connectivity index (χ2n) is 5.25. The molecule has 112 valence electrons. The molecule has 0 fully saturated rings. The first-order valence-electron chi connectivity index (χ1n) is 6.96. The van der Waals surface area contributed by atoms with Crippen LogP contribution in [0, 0.1) is 6.92 Å². The minimum Gasteiger partial charge on any atom is -0.481 e. The Labute approximate surface area is 124 Å². The molecule has 0 aliphatic rings. The molecule has 5 nitrogen and oxygen atoms in total. The second kappa shape index (κ2) is 7.04. The summed E-state index contributed by atoms with van der Waals surface area (Å²) >= 11 is 0. The first-order valence-corrected chi connectivity index (χ1v) is 6.96. The van der Waals surface area contributed by atoms with E-state index in [2.05, 4.69) is 4.98 Å². The molecule has 0 bridgehead atoms. The van der Waals surface area contributed by atoms with Crippen LogP contribution in [0.2, 0.25) is 0 Å². The fourth-order valence-corrected chi connectivity index (χ4v) is 2.06. The first kappa shape index (κ1) is 15.3. The second-order valence-corrected chi connectivity index (χ2v) is 5.25. The lowest BCUT2D eigenvalue weighted by Gasteiger charge is -2.13. The van der Waals surface area contributed by atoms with E-state index >= 15 is 0 Å². The molecule has 0 spiro atoms. The highest BCUT2D eigenvalue weighted by atomic mass is 16.4. The summed E-state index contributed by atoms with van der Waals surface area (Å²) in [7, 11) is 1.95. The number of aliphatic carboxylic acids is 1. The van der Waals surface area contributed by atoms with Gasteiger partial charge in [-0.05, 0) is 39.1 Å². The van der Waals surface area contributed by atoms with E-state index in [1.807, 2.05) is 43.1 Å². The topological polar surface area (TPSA) is 66.6 Å². The summed E-state index contributed by atoms with van der Waals surface area (Å²) in [6.07, 6.45) is 2.48. The number of nitrogens with zero attached hydrogens (tertiary/aromatic N) is 2. The van der Waals surface area contributed by atoms with Gasteiger partial charge in [0.15, 0.2) is 0 Å². The van der Waals surface area contributed by atoms with Gasteiger partial charge < -0.3 is 14.4 Å². The van der Waals surface area contributed by atoms with Crippen molar-refractivity contribution < 1.29 is 14.3 Å². The molecule has 2 rings (SSSR count). The molecule has 0 radical (unpaired) electrons. The third-order valence-corrected chi connectivity index (χ3v) is 3.21. The van der Waals surface area contributed by atoms with Crippen LogP contribution in [0.15, 0.2) is 34.9 Å². The molecule has 1 heterocycles. The third kappa shape index (κ3) is 4.72. The van der Waals surface area contributed by atoms with Crippen LogP contribution in [-0.4, -0.2) is 34.6 Å². The quantitative estimate of drug-likeness (QED) is 0.848. The summed E-state index contributed by atoms with van der Waals surface area (Å²) in [5.41, 5.74) is 3.01. The number of aromatic nitrogens is 1. The van der Waals surface area contributed by atoms with Gasteiger partial charge in [-0.3, -0.25) is 4.79 Å². The summed E-state index contributed by atoms with van der Waals surface area (Å²) < 4.78 is 5.50. The van der Waals surface area contributed by atoms with Gasteiger partial charge in [0, 0.05) is 18.5 Å². The van der Waals surface area contributed by atoms with Crippen molar-refractivity contribution in [2.24, 2.45) is 0 Å². The zero-order chi connectivity index (χ0) is 15.2. The van der Waals surface area contributed by atoms with E-state index in [4.69, 9.17) is 9.52 Å². The highest BCUT2D eigenvalue weighted by molar-refractivity contribution is 5.66. The van der Waals surface area contributed by atoms with E-state index < -0.39 is 5.97 Å². The number of carboxylic acid groups (broad SMARTS) is 1. The lowest BCUT2D eigenvalue weighted by molar-refractivity contribution is -0.137. The van der Waals surface area contributed by atoms with Crippen molar-refractivity contribution in [3.63, 3.8) is 0 Å². The van der Waals surface area contributed by atoms with Crippen LogP contribution in [-0.2, 0) is 11.3 Å². The molecule has 2 aromatic rings. The van der Waals surface area contributed by atoms with E-state index in [1.165, 1.54) is 5.56 Å². The summed E-state index contributed by atoms with van der Waals surface area (Å²) in [5.74, 6) is -0.143. The number of carbonyl (C=O) groups is 1. The average Bonchev–Trinajstić information content (AvgIpc) is 2.87. The normalized spacial score (nSPS) is 11.0. The SMILES string of the molecule is Cc1ccc(-c2nc(CN(C)CCCC(=O)O)co2)cc1. The van der Waals surface area contributed by atoms with E-state index in [9.17, 15) is 4.79 Å². The van der Waals surface area contributed by atoms with Crippen LogP contribution in [0.3, 0.4) is 0 Å². The largest absolute Gasteiger partial charge is 0.481 e. The van der Waals surface area contributed by atoms with E-state index in [1.54, 1.807) is 6.26 Å². The summed E-state index contributed by atoms with van der Waals surface area (Å²) in [6.45, 7) is 3.41. The van der Waals surface area contributed by atoms with Gasteiger partial charge in [0.2, 0.25) is 5.89 Å². The van der Waals surface area contributed by atoms with Crippen LogP contribution >= 0.6 is 0 Å². The Morgan fingerprint density at radius 1 is 1.33 bits per heavy atom. The minimum absolute atomic E-state index is 0.192. The fraction of sp³-hybridized carbons (Fsp3) is 0.375. The highest BCUT2D eigenvalue weighted by Crippen LogP contribution is 2.19. The first-order chi connectivity index (χ1) is 10.0. The molecule has 0 amide bonds. The molecule has 0 aliphatic heterocycles. The molecular weight excluding hydrogens is 268 g/mol. The van der Waals surface area contributed by atoms with Gasteiger partial charge in [-0.25, -0.2) is 4.98 Å². The van der Waals surface area contributed by atoms with Crippen molar-refractivity contribution in [1.29, 1.82) is 0 Å². The Hall–Kier alpha value is -2.14. The van der Waals surface area contributed by atoms with Gasteiger partial charge in [-0.1, -0.05) is 17.7 Å². The standard InChI is InChI=1S/C16H20N2O3/c1-12-5-7-13(8-6-12)16-17-14(11-21-16)10-18(2)9-3-4-15(19)20/h5-8,11H,3-4,9-10H2,1-2H3,(H,19,20). The molecule has 0 unspecified atom stereocenters. The molecular formula is C16H20N2O3. The van der Waals surface area contributed by atoms with E-state index in [-0.39, 0.29) is 6.42 Å². The lowest BCUT2D eigenvalue weighted by Crippen LogP contribution is -2.20. The van der Waals surface area contributed by atoms with Gasteiger partial charge in [0.1, 0.15) is 6.26 Å². The highest BCUT2D eigenvalue weighted by Gasteiger charge is 2.09. The molecule has 0 saturated heterocycles. The number of rotatable bonds is 7. The van der Waals surface area contributed by atoms with Crippen molar-refractivity contribution >= 4 is 5.97 Å². The van der Waals surface area contributed by atoms with Crippen molar-refractivity contribution in [1.82, 2.24) is 9.88 Å². The lowest BCUT2D eigenvalue weighted by atomic mass is 10.1. The van der Waals surface area contributed by atoms with Crippen LogP contribution in [0.25, 0.3) is 11.5 Å². The Morgan fingerprint density at radius 2 is 2.05 bits per heavy atom. The van der Waals surface area contributed by atoms with Crippen molar-refractivity contribution in [2.45, 2.75) is 26.3 Å². The zero-order valence-electron chi connectivity index (χ0n) is 12.4. The molecule has 0 atom stereocenters. The Bertz CT molecular complexity index is 590. The summed E-state index contributed by atoms with van der Waals surface area (Å²) in [6, 6.07) is 8.03. The van der Waals surface area contributed by atoms with Crippen molar-refractivity contribution in [2.75, 3.05) is 13.6 Å². The summed E-state index contributed by atoms with van der Waals surface area (Å²) in [5, 5.41) is 8.62. The third-order valence-electron chi connectivity index (χ3n) is 3.21. The fourth-order valence-electron chi connectivity index (χ4n) is 2.06. The van der Waals surface area contributed by atoms with E-state index in [0.29, 0.717) is 18.9 Å².